The quantitative estimate of drug-likeness (QED) is 0.720. The van der Waals surface area contributed by atoms with Crippen molar-refractivity contribution in [2.24, 2.45) is 0 Å². The highest BCUT2D eigenvalue weighted by molar-refractivity contribution is 5.49. The molecule has 1 aromatic carbocycles. The zero-order valence-corrected chi connectivity index (χ0v) is 6.35. The van der Waals surface area contributed by atoms with Gasteiger partial charge in [-0.3, -0.25) is 0 Å². The van der Waals surface area contributed by atoms with Crippen LogP contribution in [-0.2, 0) is 6.61 Å². The molecule has 1 rings (SSSR count). The number of rotatable bonds is 2. The van der Waals surface area contributed by atoms with Crippen LogP contribution in [0.1, 0.15) is 11.1 Å². The number of benzene rings is 1. The van der Waals surface area contributed by atoms with E-state index in [2.05, 4.69) is 6.58 Å². The topological polar surface area (TPSA) is 20.2 Å². The van der Waals surface area contributed by atoms with Gasteiger partial charge in [0.1, 0.15) is 11.6 Å². The molecule has 0 amide bonds. The van der Waals surface area contributed by atoms with E-state index in [0.717, 1.165) is 6.07 Å². The van der Waals surface area contributed by atoms with Crippen molar-refractivity contribution in [3.63, 3.8) is 0 Å². The first-order chi connectivity index (χ1) is 5.69. The Bertz CT molecular complexity index is 308. The largest absolute Gasteiger partial charge is 0.392 e. The first-order valence-electron chi connectivity index (χ1n) is 3.40. The minimum absolute atomic E-state index is 0.0753. The number of aliphatic hydroxyl groups excluding tert-OH is 1. The predicted octanol–water partition coefficient (Wildman–Crippen LogP) is 2.10. The monoisotopic (exact) mass is 170 g/mol. The highest BCUT2D eigenvalue weighted by atomic mass is 19.1. The first kappa shape index (κ1) is 8.87. The van der Waals surface area contributed by atoms with Crippen LogP contribution in [-0.4, -0.2) is 5.11 Å². The van der Waals surface area contributed by atoms with E-state index in [0.29, 0.717) is 0 Å². The van der Waals surface area contributed by atoms with Crippen molar-refractivity contribution in [3.05, 3.63) is 41.5 Å². The fraction of sp³-hybridized carbons (Fsp3) is 0.111. The van der Waals surface area contributed by atoms with Crippen LogP contribution in [0.2, 0.25) is 0 Å². The second-order valence-corrected chi connectivity index (χ2v) is 2.33. The van der Waals surface area contributed by atoms with Gasteiger partial charge >= 0.3 is 0 Å². The maximum Gasteiger partial charge on any atom is 0.133 e. The van der Waals surface area contributed by atoms with Crippen LogP contribution in [0.5, 0.6) is 0 Å². The Morgan fingerprint density at radius 2 is 2.00 bits per heavy atom. The molecule has 0 bridgehead atoms. The fourth-order valence-electron chi connectivity index (χ4n) is 0.890. The molecular weight excluding hydrogens is 162 g/mol. The van der Waals surface area contributed by atoms with Gasteiger partial charge in [-0.1, -0.05) is 12.7 Å². The minimum Gasteiger partial charge on any atom is -0.392 e. The molecule has 1 N–H and O–H groups in total. The van der Waals surface area contributed by atoms with Crippen LogP contribution in [0.15, 0.2) is 18.7 Å². The fourth-order valence-corrected chi connectivity index (χ4v) is 0.890. The van der Waals surface area contributed by atoms with Crippen molar-refractivity contribution >= 4 is 6.08 Å². The van der Waals surface area contributed by atoms with Gasteiger partial charge in [0, 0.05) is 17.2 Å². The lowest BCUT2D eigenvalue weighted by molar-refractivity contribution is 0.275. The van der Waals surface area contributed by atoms with Crippen molar-refractivity contribution < 1.29 is 13.9 Å². The Kier molecular flexibility index (Phi) is 2.55. The molecule has 0 atom stereocenters. The molecular formula is C9H8F2O. The van der Waals surface area contributed by atoms with Gasteiger partial charge in [-0.2, -0.15) is 0 Å². The molecule has 3 heteroatoms. The van der Waals surface area contributed by atoms with E-state index in [4.69, 9.17) is 5.11 Å². The van der Waals surface area contributed by atoms with Gasteiger partial charge in [0.05, 0.1) is 6.61 Å². The third kappa shape index (κ3) is 1.51. The molecule has 0 aliphatic carbocycles. The van der Waals surface area contributed by atoms with Crippen molar-refractivity contribution in [2.75, 3.05) is 0 Å². The lowest BCUT2D eigenvalue weighted by Gasteiger charge is -2.01. The molecule has 0 saturated carbocycles. The van der Waals surface area contributed by atoms with E-state index in [1.165, 1.54) is 12.1 Å². The number of hydrogen-bond acceptors (Lipinski definition) is 1. The Balaban J connectivity index is 3.26. The van der Waals surface area contributed by atoms with E-state index in [9.17, 15) is 8.78 Å². The molecule has 0 radical (unpaired) electrons. The van der Waals surface area contributed by atoms with Crippen LogP contribution < -0.4 is 0 Å². The summed E-state index contributed by atoms with van der Waals surface area (Å²) in [5.41, 5.74) is 0.270. The smallest absolute Gasteiger partial charge is 0.133 e. The summed E-state index contributed by atoms with van der Waals surface area (Å²) in [6, 6.07) is 1.97. The average Bonchev–Trinajstić information content (AvgIpc) is 2.05. The summed E-state index contributed by atoms with van der Waals surface area (Å²) in [6.07, 6.45) is 1.27. The molecule has 0 fully saturated rings. The van der Waals surface area contributed by atoms with Crippen molar-refractivity contribution in [2.45, 2.75) is 6.61 Å². The summed E-state index contributed by atoms with van der Waals surface area (Å²) in [6.45, 7) is 2.92. The lowest BCUT2D eigenvalue weighted by atomic mass is 10.1. The molecule has 0 unspecified atom stereocenters. The van der Waals surface area contributed by atoms with Crippen LogP contribution in [0.3, 0.4) is 0 Å². The zero-order chi connectivity index (χ0) is 9.14. The van der Waals surface area contributed by atoms with E-state index in [1.54, 1.807) is 0 Å². The molecule has 0 spiro atoms. The molecule has 1 nitrogen and oxygen atoms in total. The van der Waals surface area contributed by atoms with Crippen LogP contribution >= 0.6 is 0 Å². The maximum atomic E-state index is 12.8. The molecule has 0 aliphatic rings. The third-order valence-corrected chi connectivity index (χ3v) is 1.56. The SMILES string of the molecule is C=Cc1cc(CO)c(F)cc1F. The predicted molar refractivity (Wildman–Crippen MR) is 42.4 cm³/mol. The Morgan fingerprint density at radius 1 is 1.33 bits per heavy atom. The van der Waals surface area contributed by atoms with Gasteiger partial charge in [0.15, 0.2) is 0 Å². The molecule has 12 heavy (non-hydrogen) atoms. The number of aliphatic hydroxyl groups is 1. The summed E-state index contributed by atoms with van der Waals surface area (Å²) in [5.74, 6) is -1.40. The molecule has 64 valence electrons. The maximum absolute atomic E-state index is 12.8. The highest BCUT2D eigenvalue weighted by Gasteiger charge is 2.06. The first-order valence-corrected chi connectivity index (χ1v) is 3.40. The van der Waals surface area contributed by atoms with Crippen molar-refractivity contribution in [3.8, 4) is 0 Å². The Morgan fingerprint density at radius 3 is 2.50 bits per heavy atom. The standard InChI is InChI=1S/C9H8F2O/c1-2-6-3-7(5-12)9(11)4-8(6)10/h2-4,12H,1,5H2. The normalized spacial score (nSPS) is 9.92. The summed E-state index contributed by atoms with van der Waals surface area (Å²) in [4.78, 5) is 0. The molecule has 0 aromatic heterocycles. The average molecular weight is 170 g/mol. The summed E-state index contributed by atoms with van der Waals surface area (Å²) in [5, 5.41) is 8.63. The summed E-state index contributed by atoms with van der Waals surface area (Å²) < 4.78 is 25.5. The Hall–Kier alpha value is -1.22. The van der Waals surface area contributed by atoms with E-state index >= 15 is 0 Å². The second-order valence-electron chi connectivity index (χ2n) is 2.33. The molecule has 0 aliphatic heterocycles. The van der Waals surface area contributed by atoms with Crippen LogP contribution in [0, 0.1) is 11.6 Å². The summed E-state index contributed by atoms with van der Waals surface area (Å²) in [7, 11) is 0. The van der Waals surface area contributed by atoms with Crippen LogP contribution in [0.25, 0.3) is 6.08 Å². The van der Waals surface area contributed by atoms with Crippen molar-refractivity contribution in [1.82, 2.24) is 0 Å². The van der Waals surface area contributed by atoms with Crippen LogP contribution in [0.4, 0.5) is 8.78 Å². The van der Waals surface area contributed by atoms with E-state index in [-0.39, 0.29) is 11.1 Å². The second kappa shape index (κ2) is 3.45. The van der Waals surface area contributed by atoms with Gasteiger partial charge in [0.2, 0.25) is 0 Å². The van der Waals surface area contributed by atoms with E-state index < -0.39 is 18.2 Å². The third-order valence-electron chi connectivity index (χ3n) is 1.56. The van der Waals surface area contributed by atoms with E-state index in [1.807, 2.05) is 0 Å². The number of halogens is 2. The molecule has 0 saturated heterocycles. The van der Waals surface area contributed by atoms with Gasteiger partial charge < -0.3 is 5.11 Å². The lowest BCUT2D eigenvalue weighted by Crippen LogP contribution is -1.93. The van der Waals surface area contributed by atoms with Gasteiger partial charge in [-0.25, -0.2) is 8.78 Å². The van der Waals surface area contributed by atoms with Gasteiger partial charge in [-0.05, 0) is 6.07 Å². The van der Waals surface area contributed by atoms with Crippen molar-refractivity contribution in [1.29, 1.82) is 0 Å². The van der Waals surface area contributed by atoms with Gasteiger partial charge in [-0.15, -0.1) is 0 Å². The minimum atomic E-state index is -0.736. The zero-order valence-electron chi connectivity index (χ0n) is 6.35. The number of hydrogen-bond donors (Lipinski definition) is 1. The summed E-state index contributed by atoms with van der Waals surface area (Å²) >= 11 is 0. The van der Waals surface area contributed by atoms with Gasteiger partial charge in [0.25, 0.3) is 0 Å². The molecule has 0 heterocycles. The Labute approximate surface area is 69.0 Å². The molecule has 1 aromatic rings. The highest BCUT2D eigenvalue weighted by Crippen LogP contribution is 2.15.